The molecule has 3 aromatic carbocycles. The molecule has 0 radical (unpaired) electrons. The average Bonchev–Trinajstić information content (AvgIpc) is 0.918. The zero-order valence-electron chi connectivity index (χ0n) is 56.0. The molecule has 3 aromatic rings. The number of nitrogens with two attached hydrogens (primary N) is 9. The predicted octanol–water partition coefficient (Wildman–Crippen LogP) is 7.58. The lowest BCUT2D eigenvalue weighted by Crippen LogP contribution is -2.28. The van der Waals surface area contributed by atoms with Crippen LogP contribution in [0.5, 0.6) is 0 Å². The van der Waals surface area contributed by atoms with E-state index in [4.69, 9.17) is 70.9 Å². The van der Waals surface area contributed by atoms with Crippen molar-refractivity contribution in [2.24, 2.45) is 66.6 Å². The second-order valence-corrected chi connectivity index (χ2v) is 21.3. The molecule has 6 atom stereocenters. The van der Waals surface area contributed by atoms with Crippen LogP contribution in [0.1, 0.15) is 244 Å². The minimum Gasteiger partial charge on any atom is -0.478 e. The van der Waals surface area contributed by atoms with Crippen LogP contribution in [-0.2, 0) is 43.0 Å². The summed E-state index contributed by atoms with van der Waals surface area (Å²) in [6.07, 6.45) is 11.5. The van der Waals surface area contributed by atoms with Gasteiger partial charge >= 0.3 is 35.8 Å². The molecule has 0 saturated carbocycles. The van der Waals surface area contributed by atoms with E-state index in [2.05, 4.69) is 15.0 Å². The monoisotopic (exact) mass is 1310 g/mol. The van der Waals surface area contributed by atoms with Gasteiger partial charge in [0.25, 0.3) is 0 Å². The fourth-order valence-electron chi connectivity index (χ4n) is 7.95. The Hall–Kier alpha value is -8.82. The third-order valence-corrected chi connectivity index (χ3v) is 13.1. The van der Waals surface area contributed by atoms with E-state index in [1.54, 1.807) is 67.6 Å². The number of guanidine groups is 3. The third kappa shape index (κ3) is 45.2. The molecule has 0 fully saturated rings. The summed E-state index contributed by atoms with van der Waals surface area (Å²) >= 11 is 0. The molecular formula is C66H108N12O15. The fourth-order valence-corrected chi connectivity index (χ4v) is 7.95. The van der Waals surface area contributed by atoms with E-state index < -0.39 is 42.2 Å². The highest BCUT2D eigenvalue weighted by molar-refractivity contribution is 5.91. The lowest BCUT2D eigenvalue weighted by atomic mass is 9.98. The van der Waals surface area contributed by atoms with Crippen LogP contribution in [0.25, 0.3) is 0 Å². The first-order chi connectivity index (χ1) is 43.9. The maximum Gasteiger partial charge on any atom is 0.336 e. The number of hydrogen-bond donors (Lipinski definition) is 12. The Bertz CT molecular complexity index is 2690. The van der Waals surface area contributed by atoms with E-state index in [1.807, 2.05) is 27.7 Å². The lowest BCUT2D eigenvalue weighted by Gasteiger charge is -2.19. The van der Waals surface area contributed by atoms with Crippen LogP contribution in [0.15, 0.2) is 87.8 Å². The van der Waals surface area contributed by atoms with Crippen molar-refractivity contribution in [1.29, 1.82) is 0 Å². The van der Waals surface area contributed by atoms with Gasteiger partial charge in [-0.2, -0.15) is 0 Å². The molecule has 3 unspecified atom stereocenters. The Balaban J connectivity index is -0.00000106. The van der Waals surface area contributed by atoms with Crippen molar-refractivity contribution in [2.75, 3.05) is 19.6 Å². The predicted molar refractivity (Wildman–Crippen MR) is 362 cm³/mol. The van der Waals surface area contributed by atoms with Crippen molar-refractivity contribution in [3.8, 4) is 0 Å². The van der Waals surface area contributed by atoms with Gasteiger partial charge in [-0.3, -0.25) is 43.7 Å². The SMILES string of the molecule is CC(=O)[C@@H](N)CCCN=C(N)N.CC(=O)[C@@H](N)CCCN=C(N)N.CC(=O)[C@@H](N)CCCN=C(N)N.CCCCC(OC(=O)CC)c1ccccc1C(=O)O.CCCCC(OC(=O)CCC)c1ccccc1C(=O)O.CCCCC(OC(C)=O)c1ccccc1C(=O)O. The van der Waals surface area contributed by atoms with Gasteiger partial charge in [-0.05, 0) is 122 Å². The number of ether oxygens (including phenoxy) is 3. The summed E-state index contributed by atoms with van der Waals surface area (Å²) < 4.78 is 16.1. The number of carbonyl (C=O) groups is 9. The largest absolute Gasteiger partial charge is 0.478 e. The van der Waals surface area contributed by atoms with E-state index in [0.717, 1.165) is 64.2 Å². The van der Waals surface area contributed by atoms with Crippen LogP contribution in [0.3, 0.4) is 0 Å². The topological polar surface area (TPSA) is 513 Å². The van der Waals surface area contributed by atoms with Crippen LogP contribution in [-0.4, -0.2) is 124 Å². The highest BCUT2D eigenvalue weighted by Gasteiger charge is 2.24. The zero-order valence-corrected chi connectivity index (χ0v) is 56.0. The summed E-state index contributed by atoms with van der Waals surface area (Å²) in [5, 5.41) is 27.6. The van der Waals surface area contributed by atoms with E-state index in [1.165, 1.54) is 39.8 Å². The second-order valence-electron chi connectivity index (χ2n) is 21.3. The molecule has 522 valence electrons. The van der Waals surface area contributed by atoms with Crippen LogP contribution in [0.4, 0.5) is 0 Å². The standard InChI is InChI=1S/C16H22O4.C15H20O4.C14H18O4.3C7H16N4O/c1-3-5-11-14(20-15(17)8-4-2)12-9-6-7-10-13(12)16(18)19;1-3-5-10-13(19-14(16)4-2)11-8-6-7-9-12(11)15(17)18;1-3-4-9-13(18-10(2)15)11-7-5-6-8-12(11)14(16)17;3*1-5(12)6(8)3-2-4-11-7(9)10/h6-7,9-10,14H,3-5,8,11H2,1-2H3,(H,18,19);6-9,13H,3-5,10H2,1-2H3,(H,17,18);5-8,13H,3-4,9H2,1-2H3,(H,16,17);3*6H,2-4,8H2,1H3,(H4,9,10,11)/t;;;3*6-/m...000/s1. The maximum atomic E-state index is 11.7. The number of aliphatic imine (C=N–C) groups is 3. The first-order valence-corrected chi connectivity index (χ1v) is 31.3. The Morgan fingerprint density at radius 1 is 0.387 bits per heavy atom. The van der Waals surface area contributed by atoms with Gasteiger partial charge in [-0.25, -0.2) is 14.4 Å². The average molecular weight is 1310 g/mol. The molecule has 0 aliphatic carbocycles. The molecule has 0 saturated heterocycles. The summed E-state index contributed by atoms with van der Waals surface area (Å²) in [7, 11) is 0. The second kappa shape index (κ2) is 53.8. The molecule has 21 N–H and O–H groups in total. The Morgan fingerprint density at radius 2 is 0.656 bits per heavy atom. The minimum absolute atomic E-state index is 0.000278. The molecule has 0 amide bonds. The van der Waals surface area contributed by atoms with Crippen LogP contribution in [0.2, 0.25) is 0 Å². The highest BCUT2D eigenvalue weighted by atomic mass is 16.6. The Kier molecular flexibility index (Phi) is 51.1. The molecule has 0 bridgehead atoms. The van der Waals surface area contributed by atoms with Gasteiger partial charge < -0.3 is 81.1 Å². The first kappa shape index (κ1) is 88.4. The van der Waals surface area contributed by atoms with Crippen molar-refractivity contribution in [3.05, 3.63) is 106 Å². The number of esters is 3. The van der Waals surface area contributed by atoms with Gasteiger partial charge in [0.2, 0.25) is 0 Å². The first-order valence-electron chi connectivity index (χ1n) is 31.3. The normalized spacial score (nSPS) is 12.0. The van der Waals surface area contributed by atoms with E-state index in [-0.39, 0.29) is 88.4 Å². The van der Waals surface area contributed by atoms with Gasteiger partial charge in [-0.1, -0.05) is 108 Å². The van der Waals surface area contributed by atoms with Gasteiger partial charge in [0.05, 0.1) is 34.8 Å². The minimum atomic E-state index is -1.00. The van der Waals surface area contributed by atoms with E-state index in [9.17, 15) is 53.4 Å². The fraction of sp³-hybridized carbons (Fsp3) is 0.545. The van der Waals surface area contributed by atoms with Crippen molar-refractivity contribution in [1.82, 2.24) is 0 Å². The Morgan fingerprint density at radius 3 is 0.882 bits per heavy atom. The van der Waals surface area contributed by atoms with Crippen molar-refractivity contribution >= 4 is 71.0 Å². The molecule has 3 rings (SSSR count). The molecule has 0 aromatic heterocycles. The number of benzene rings is 3. The molecular weight excluding hydrogens is 1200 g/mol. The number of unbranched alkanes of at least 4 members (excludes halogenated alkanes) is 3. The van der Waals surface area contributed by atoms with E-state index >= 15 is 0 Å². The highest BCUT2D eigenvalue weighted by Crippen LogP contribution is 2.30. The summed E-state index contributed by atoms with van der Waals surface area (Å²) in [6, 6.07) is 18.9. The number of hydrogen-bond acceptors (Lipinski definition) is 18. The van der Waals surface area contributed by atoms with Crippen LogP contribution < -0.4 is 51.6 Å². The summed E-state index contributed by atoms with van der Waals surface area (Å²) in [5.74, 6) is -3.73. The van der Waals surface area contributed by atoms with Gasteiger partial charge in [-0.15, -0.1) is 0 Å². The molecule has 0 spiro atoms. The number of nitrogens with zero attached hydrogens (tertiary/aromatic N) is 3. The van der Waals surface area contributed by atoms with Gasteiger partial charge in [0, 0.05) is 56.1 Å². The van der Waals surface area contributed by atoms with Crippen molar-refractivity contribution < 1.29 is 72.7 Å². The molecule has 0 aliphatic rings. The summed E-state index contributed by atoms with van der Waals surface area (Å²) in [4.78, 5) is 111. The third-order valence-electron chi connectivity index (χ3n) is 13.1. The number of ketones is 3. The quantitative estimate of drug-likeness (QED) is 0.00877. The van der Waals surface area contributed by atoms with Crippen molar-refractivity contribution in [3.63, 3.8) is 0 Å². The summed E-state index contributed by atoms with van der Waals surface area (Å²) in [5.41, 5.74) is 49.3. The van der Waals surface area contributed by atoms with Gasteiger partial charge in [0.15, 0.2) is 17.9 Å². The molecule has 0 aliphatic heterocycles. The molecule has 93 heavy (non-hydrogen) atoms. The number of Topliss-reactive ketones (excluding diaryl/α,β-unsaturated/α-hetero) is 3. The molecule has 27 heteroatoms. The van der Waals surface area contributed by atoms with Crippen molar-refractivity contribution in [2.45, 2.75) is 214 Å². The maximum absolute atomic E-state index is 11.7. The number of carboxylic acid groups (broad SMARTS) is 3. The van der Waals surface area contributed by atoms with Crippen LogP contribution in [0, 0.1) is 0 Å². The zero-order chi connectivity index (χ0) is 71.4. The molecule has 27 nitrogen and oxygen atoms in total. The van der Waals surface area contributed by atoms with Crippen LogP contribution >= 0.6 is 0 Å². The van der Waals surface area contributed by atoms with Gasteiger partial charge in [0.1, 0.15) is 35.7 Å². The number of carboxylic acids is 3. The van der Waals surface area contributed by atoms with E-state index in [0.29, 0.717) is 81.3 Å². The Labute approximate surface area is 548 Å². The number of rotatable bonds is 36. The number of aromatic carboxylic acids is 3. The smallest absolute Gasteiger partial charge is 0.336 e. The lowest BCUT2D eigenvalue weighted by molar-refractivity contribution is -0.150. The number of carbonyl (C=O) groups excluding carboxylic acids is 6. The molecule has 0 heterocycles. The summed E-state index contributed by atoms with van der Waals surface area (Å²) in [6.45, 7) is 17.1.